The number of carbonyl (C=O) groups excluding carboxylic acids is 6. The molecule has 0 saturated carbocycles. The number of likely N-dealkylation sites (tertiary alicyclic amines) is 1. The zero-order chi connectivity index (χ0) is 37.7. The second-order valence-electron chi connectivity index (χ2n) is 13.7. The highest BCUT2D eigenvalue weighted by Crippen LogP contribution is 2.19. The molecule has 0 aromatic heterocycles. The van der Waals surface area contributed by atoms with Crippen LogP contribution in [0.1, 0.15) is 66.6 Å². The summed E-state index contributed by atoms with van der Waals surface area (Å²) in [6.45, 7) is 5.24. The van der Waals surface area contributed by atoms with Gasteiger partial charge in [0.05, 0.1) is 18.6 Å². The highest BCUT2D eigenvalue weighted by atomic mass is 16.5. The standard InChI is InChI=1S/C40H48N6O7/c1-26(2)36-40(52)44-31(22-27-11-4-3-5-12-27)38(50)41-18-10-20-53-33-16-7-6-15-30(33)37(49)43-32(23-34(47)45-36)39(51)42-24-28-13-8-14-29(21-28)25-46-19-9-17-35(46)48/h3-8,11-16,21,26,31-32,36H,9-10,17-20,22-25H2,1-2H3,(H,41,50)(H,42,51)(H,43,49)(H,44,52)(H,45,47)/t31-,32-,36+/m0/s1. The van der Waals surface area contributed by atoms with Gasteiger partial charge in [-0.2, -0.15) is 0 Å². The first kappa shape index (κ1) is 38.5. The van der Waals surface area contributed by atoms with Crippen molar-refractivity contribution >= 4 is 35.4 Å². The molecule has 3 atom stereocenters. The van der Waals surface area contributed by atoms with Gasteiger partial charge in [-0.15, -0.1) is 0 Å². The fourth-order valence-electron chi connectivity index (χ4n) is 6.33. The highest BCUT2D eigenvalue weighted by Gasteiger charge is 2.32. The molecule has 13 heteroatoms. The normalized spacial score (nSPS) is 20.5. The van der Waals surface area contributed by atoms with Gasteiger partial charge >= 0.3 is 0 Å². The summed E-state index contributed by atoms with van der Waals surface area (Å²) in [5.74, 6) is -2.79. The van der Waals surface area contributed by atoms with Crippen molar-refractivity contribution in [3.05, 3.63) is 101 Å². The summed E-state index contributed by atoms with van der Waals surface area (Å²) in [4.78, 5) is 81.9. The summed E-state index contributed by atoms with van der Waals surface area (Å²) in [5, 5.41) is 14.0. The summed E-state index contributed by atoms with van der Waals surface area (Å²) in [6.07, 6.45) is 1.55. The van der Waals surface area contributed by atoms with Gasteiger partial charge in [-0.1, -0.05) is 80.6 Å². The van der Waals surface area contributed by atoms with Gasteiger partial charge in [0.15, 0.2) is 0 Å². The number of hydrogen-bond donors (Lipinski definition) is 5. The average Bonchev–Trinajstić information content (AvgIpc) is 3.55. The molecule has 13 nitrogen and oxygen atoms in total. The van der Waals surface area contributed by atoms with Crippen molar-refractivity contribution in [3.8, 4) is 5.75 Å². The second-order valence-corrected chi connectivity index (χ2v) is 13.7. The molecule has 0 radical (unpaired) electrons. The van der Waals surface area contributed by atoms with E-state index in [1.54, 1.807) is 43.0 Å². The van der Waals surface area contributed by atoms with E-state index < -0.39 is 48.2 Å². The summed E-state index contributed by atoms with van der Waals surface area (Å²) in [7, 11) is 0. The predicted octanol–water partition coefficient (Wildman–Crippen LogP) is 2.38. The lowest BCUT2D eigenvalue weighted by molar-refractivity contribution is -0.133. The van der Waals surface area contributed by atoms with Crippen molar-refractivity contribution in [2.45, 2.75) is 77.2 Å². The second kappa shape index (κ2) is 18.7. The predicted molar refractivity (Wildman–Crippen MR) is 197 cm³/mol. The third-order valence-electron chi connectivity index (χ3n) is 9.21. The highest BCUT2D eigenvalue weighted by molar-refractivity contribution is 6.01. The van der Waals surface area contributed by atoms with Gasteiger partial charge in [0.2, 0.25) is 29.5 Å². The number of carbonyl (C=O) groups is 6. The summed E-state index contributed by atoms with van der Waals surface area (Å²) in [6, 6.07) is 20.1. The SMILES string of the molecule is CC(C)[C@H]1NC(=O)C[C@@H](C(=O)NCc2cccc(CN3CCCC3=O)c2)NC(=O)c2ccccc2OCCCNC(=O)[C@H](Cc2ccccc2)NC1=O. The van der Waals surface area contributed by atoms with Crippen molar-refractivity contribution in [2.75, 3.05) is 19.7 Å². The van der Waals surface area contributed by atoms with Gasteiger partial charge in [0, 0.05) is 39.0 Å². The minimum atomic E-state index is -1.31. The van der Waals surface area contributed by atoms with Gasteiger partial charge in [-0.05, 0) is 47.6 Å². The van der Waals surface area contributed by atoms with E-state index in [0.29, 0.717) is 25.9 Å². The van der Waals surface area contributed by atoms with E-state index in [0.717, 1.165) is 23.1 Å². The Labute approximate surface area is 309 Å². The lowest BCUT2D eigenvalue weighted by atomic mass is 10.0. The van der Waals surface area contributed by atoms with E-state index in [4.69, 9.17) is 4.74 Å². The van der Waals surface area contributed by atoms with Crippen LogP contribution in [0.25, 0.3) is 0 Å². The van der Waals surface area contributed by atoms with Crippen LogP contribution in [0.4, 0.5) is 0 Å². The van der Waals surface area contributed by atoms with E-state index in [2.05, 4.69) is 26.6 Å². The number of rotatable bonds is 8. The molecule has 0 spiro atoms. The maximum absolute atomic E-state index is 13.7. The molecule has 280 valence electrons. The smallest absolute Gasteiger partial charge is 0.255 e. The van der Waals surface area contributed by atoms with Crippen LogP contribution in [0.15, 0.2) is 78.9 Å². The van der Waals surface area contributed by atoms with Crippen LogP contribution >= 0.6 is 0 Å². The molecule has 6 amide bonds. The number of benzene rings is 3. The first-order chi connectivity index (χ1) is 25.6. The Hall–Kier alpha value is -5.72. The Morgan fingerprint density at radius 2 is 1.58 bits per heavy atom. The first-order valence-corrected chi connectivity index (χ1v) is 18.1. The number of hydrogen-bond acceptors (Lipinski definition) is 7. The molecule has 2 heterocycles. The lowest BCUT2D eigenvalue weighted by Gasteiger charge is -2.26. The Morgan fingerprint density at radius 3 is 2.34 bits per heavy atom. The number of ether oxygens (including phenoxy) is 1. The number of nitrogens with one attached hydrogen (secondary N) is 5. The molecule has 5 N–H and O–H groups in total. The van der Waals surface area contributed by atoms with Crippen molar-refractivity contribution in [1.29, 1.82) is 0 Å². The van der Waals surface area contributed by atoms with E-state index in [1.807, 2.05) is 54.6 Å². The Morgan fingerprint density at radius 1 is 0.849 bits per heavy atom. The molecule has 1 fully saturated rings. The molecular weight excluding hydrogens is 676 g/mol. The molecule has 53 heavy (non-hydrogen) atoms. The van der Waals surface area contributed by atoms with Crippen LogP contribution in [0.2, 0.25) is 0 Å². The van der Waals surface area contributed by atoms with Gasteiger partial charge in [-0.3, -0.25) is 28.8 Å². The van der Waals surface area contributed by atoms with Crippen LogP contribution < -0.4 is 31.3 Å². The molecule has 1 saturated heterocycles. The quantitative estimate of drug-likeness (QED) is 0.237. The third kappa shape index (κ3) is 11.1. The van der Waals surface area contributed by atoms with E-state index >= 15 is 0 Å². The molecule has 3 aromatic rings. The van der Waals surface area contributed by atoms with Crippen LogP contribution in [0, 0.1) is 5.92 Å². The van der Waals surface area contributed by atoms with Crippen LogP contribution in [0.5, 0.6) is 5.75 Å². The molecule has 0 bridgehead atoms. The van der Waals surface area contributed by atoms with E-state index in [9.17, 15) is 28.8 Å². The third-order valence-corrected chi connectivity index (χ3v) is 9.21. The molecular formula is C40H48N6O7. The molecule has 5 rings (SSSR count). The van der Waals surface area contributed by atoms with E-state index in [-0.39, 0.29) is 55.2 Å². The molecule has 2 aliphatic rings. The number of para-hydroxylation sites is 1. The zero-order valence-corrected chi connectivity index (χ0v) is 30.2. The largest absolute Gasteiger partial charge is 0.493 e. The molecule has 0 aliphatic carbocycles. The summed E-state index contributed by atoms with van der Waals surface area (Å²) in [5.41, 5.74) is 2.72. The minimum absolute atomic E-state index is 0.107. The maximum Gasteiger partial charge on any atom is 0.255 e. The van der Waals surface area contributed by atoms with Gasteiger partial charge in [0.25, 0.3) is 5.91 Å². The average molecular weight is 725 g/mol. The zero-order valence-electron chi connectivity index (χ0n) is 30.2. The lowest BCUT2D eigenvalue weighted by Crippen LogP contribution is -2.57. The fourth-order valence-corrected chi connectivity index (χ4v) is 6.33. The van der Waals surface area contributed by atoms with Crippen molar-refractivity contribution in [1.82, 2.24) is 31.5 Å². The van der Waals surface area contributed by atoms with Crippen LogP contribution in [-0.2, 0) is 43.5 Å². The number of nitrogens with zero attached hydrogens (tertiary/aromatic N) is 1. The first-order valence-electron chi connectivity index (χ1n) is 18.1. The van der Waals surface area contributed by atoms with Crippen LogP contribution in [-0.4, -0.2) is 78.2 Å². The van der Waals surface area contributed by atoms with Gasteiger partial charge in [0.1, 0.15) is 23.9 Å². The van der Waals surface area contributed by atoms with Crippen molar-refractivity contribution < 1.29 is 33.5 Å². The molecule has 2 aliphatic heterocycles. The van der Waals surface area contributed by atoms with Crippen molar-refractivity contribution in [2.24, 2.45) is 5.92 Å². The fraction of sp³-hybridized carbons (Fsp3) is 0.400. The van der Waals surface area contributed by atoms with Gasteiger partial charge in [-0.25, -0.2) is 0 Å². The Bertz CT molecular complexity index is 1780. The minimum Gasteiger partial charge on any atom is -0.493 e. The number of amides is 6. The molecule has 3 aromatic carbocycles. The van der Waals surface area contributed by atoms with Crippen molar-refractivity contribution in [3.63, 3.8) is 0 Å². The topological polar surface area (TPSA) is 175 Å². The summed E-state index contributed by atoms with van der Waals surface area (Å²) < 4.78 is 5.92. The number of fused-ring (bicyclic) bond motifs is 1. The van der Waals surface area contributed by atoms with E-state index in [1.165, 1.54) is 0 Å². The van der Waals surface area contributed by atoms with Gasteiger partial charge < -0.3 is 36.2 Å². The Kier molecular flexibility index (Phi) is 13.6. The molecule has 0 unspecified atom stereocenters. The maximum atomic E-state index is 13.7. The summed E-state index contributed by atoms with van der Waals surface area (Å²) >= 11 is 0. The monoisotopic (exact) mass is 724 g/mol. The van der Waals surface area contributed by atoms with Crippen LogP contribution in [0.3, 0.4) is 0 Å². The Balaban J connectivity index is 1.35.